The number of amides is 1. The van der Waals surface area contributed by atoms with Crippen LogP contribution >= 0.6 is 24.0 Å². The molecule has 1 aromatic carbocycles. The summed E-state index contributed by atoms with van der Waals surface area (Å²) in [5.74, 6) is 0.536. The molecule has 1 aliphatic heterocycles. The Bertz CT molecular complexity index is 463. The molecule has 1 fully saturated rings. The van der Waals surface area contributed by atoms with Gasteiger partial charge in [-0.25, -0.2) is 0 Å². The SMILES string of the molecule is CCCOc1c(Cl)cccc1NC(=O)[C@@H]1CCCCN1.Cl. The van der Waals surface area contributed by atoms with Crippen molar-refractivity contribution in [1.29, 1.82) is 0 Å². The molecule has 1 atom stereocenters. The molecule has 1 amide bonds. The number of piperidine rings is 1. The average molecular weight is 333 g/mol. The molecule has 1 aliphatic rings. The van der Waals surface area contributed by atoms with Crippen LogP contribution in [-0.4, -0.2) is 25.1 Å². The fourth-order valence-electron chi connectivity index (χ4n) is 2.25. The molecule has 0 radical (unpaired) electrons. The summed E-state index contributed by atoms with van der Waals surface area (Å²) in [5, 5.41) is 6.67. The monoisotopic (exact) mass is 332 g/mol. The fourth-order valence-corrected chi connectivity index (χ4v) is 2.48. The van der Waals surface area contributed by atoms with Crippen LogP contribution in [-0.2, 0) is 4.79 Å². The largest absolute Gasteiger partial charge is 0.490 e. The molecule has 0 unspecified atom stereocenters. The summed E-state index contributed by atoms with van der Waals surface area (Å²) < 4.78 is 5.64. The predicted molar refractivity (Wildman–Crippen MR) is 88.8 cm³/mol. The van der Waals surface area contributed by atoms with Crippen LogP contribution in [0, 0.1) is 0 Å². The Labute approximate surface area is 137 Å². The van der Waals surface area contributed by atoms with E-state index in [1.54, 1.807) is 6.07 Å². The minimum absolute atomic E-state index is 0. The maximum Gasteiger partial charge on any atom is 0.241 e. The minimum atomic E-state index is -0.123. The van der Waals surface area contributed by atoms with E-state index in [9.17, 15) is 4.79 Å². The van der Waals surface area contributed by atoms with Crippen molar-refractivity contribution >= 4 is 35.6 Å². The van der Waals surface area contributed by atoms with Crippen LogP contribution in [0.25, 0.3) is 0 Å². The van der Waals surface area contributed by atoms with Gasteiger partial charge in [0.2, 0.25) is 5.91 Å². The van der Waals surface area contributed by atoms with Crippen LogP contribution in [0.3, 0.4) is 0 Å². The number of para-hydroxylation sites is 1. The zero-order chi connectivity index (χ0) is 14.4. The first-order chi connectivity index (χ1) is 9.72. The van der Waals surface area contributed by atoms with Gasteiger partial charge in [-0.2, -0.15) is 0 Å². The van der Waals surface area contributed by atoms with Gasteiger partial charge in [-0.3, -0.25) is 4.79 Å². The summed E-state index contributed by atoms with van der Waals surface area (Å²) >= 11 is 6.14. The van der Waals surface area contributed by atoms with Crippen LogP contribution in [0.1, 0.15) is 32.6 Å². The van der Waals surface area contributed by atoms with Gasteiger partial charge < -0.3 is 15.4 Å². The second-order valence-corrected chi connectivity index (χ2v) is 5.36. The highest BCUT2D eigenvalue weighted by Gasteiger charge is 2.21. The van der Waals surface area contributed by atoms with Gasteiger partial charge in [0, 0.05) is 0 Å². The number of hydrogen-bond acceptors (Lipinski definition) is 3. The Kier molecular flexibility index (Phi) is 7.86. The molecule has 118 valence electrons. The number of rotatable bonds is 5. The number of halogens is 2. The number of hydrogen-bond donors (Lipinski definition) is 2. The van der Waals surface area contributed by atoms with Crippen molar-refractivity contribution in [3.05, 3.63) is 23.2 Å². The quantitative estimate of drug-likeness (QED) is 0.865. The lowest BCUT2D eigenvalue weighted by molar-refractivity contribution is -0.118. The van der Waals surface area contributed by atoms with Gasteiger partial charge in [0.05, 0.1) is 23.4 Å². The van der Waals surface area contributed by atoms with Gasteiger partial charge in [0.15, 0.2) is 5.75 Å². The van der Waals surface area contributed by atoms with Crippen LogP contribution in [0.5, 0.6) is 5.75 Å². The van der Waals surface area contributed by atoms with Gasteiger partial charge >= 0.3 is 0 Å². The molecule has 1 aromatic rings. The minimum Gasteiger partial charge on any atom is -0.490 e. The molecular weight excluding hydrogens is 311 g/mol. The number of ether oxygens (including phenoxy) is 1. The second-order valence-electron chi connectivity index (χ2n) is 4.96. The van der Waals surface area contributed by atoms with E-state index in [0.717, 1.165) is 32.2 Å². The van der Waals surface area contributed by atoms with Crippen molar-refractivity contribution in [2.45, 2.75) is 38.6 Å². The Morgan fingerprint density at radius 2 is 2.29 bits per heavy atom. The third-order valence-corrected chi connectivity index (χ3v) is 3.60. The normalized spacial score (nSPS) is 17.7. The number of anilines is 1. The van der Waals surface area contributed by atoms with Crippen molar-refractivity contribution in [2.75, 3.05) is 18.5 Å². The van der Waals surface area contributed by atoms with Gasteiger partial charge in [0.25, 0.3) is 0 Å². The first-order valence-electron chi connectivity index (χ1n) is 7.18. The van der Waals surface area contributed by atoms with E-state index in [1.165, 1.54) is 0 Å². The van der Waals surface area contributed by atoms with Crippen LogP contribution in [0.15, 0.2) is 18.2 Å². The summed E-state index contributed by atoms with van der Waals surface area (Å²) in [6.07, 6.45) is 3.98. The maximum atomic E-state index is 12.2. The number of benzene rings is 1. The molecule has 0 aromatic heterocycles. The first-order valence-corrected chi connectivity index (χ1v) is 7.55. The highest BCUT2D eigenvalue weighted by atomic mass is 35.5. The number of nitrogens with one attached hydrogen (secondary N) is 2. The maximum absolute atomic E-state index is 12.2. The van der Waals surface area contributed by atoms with Crippen molar-refractivity contribution in [1.82, 2.24) is 5.32 Å². The topological polar surface area (TPSA) is 50.4 Å². The van der Waals surface area contributed by atoms with Crippen molar-refractivity contribution < 1.29 is 9.53 Å². The van der Waals surface area contributed by atoms with E-state index >= 15 is 0 Å². The zero-order valence-electron chi connectivity index (χ0n) is 12.2. The second kappa shape index (κ2) is 9.13. The van der Waals surface area contributed by atoms with Crippen molar-refractivity contribution in [3.8, 4) is 5.75 Å². The van der Waals surface area contributed by atoms with E-state index in [-0.39, 0.29) is 24.4 Å². The Morgan fingerprint density at radius 3 is 2.95 bits per heavy atom. The number of carbonyl (C=O) groups excluding carboxylic acids is 1. The third-order valence-electron chi connectivity index (χ3n) is 3.30. The predicted octanol–water partition coefficient (Wildman–Crippen LogP) is 3.63. The standard InChI is InChI=1S/C15H21ClN2O2.ClH/c1-2-10-20-14-11(16)6-5-8-12(14)18-15(19)13-7-3-4-9-17-13;/h5-6,8,13,17H,2-4,7,9-10H2,1H3,(H,18,19);1H/t13-;/m0./s1. The molecule has 2 rings (SSSR count). The van der Waals surface area contributed by atoms with Gasteiger partial charge in [-0.05, 0) is 37.9 Å². The lowest BCUT2D eigenvalue weighted by Gasteiger charge is -2.23. The Morgan fingerprint density at radius 1 is 1.48 bits per heavy atom. The molecule has 4 nitrogen and oxygen atoms in total. The van der Waals surface area contributed by atoms with Crippen LogP contribution < -0.4 is 15.4 Å². The zero-order valence-corrected chi connectivity index (χ0v) is 13.7. The van der Waals surface area contributed by atoms with E-state index < -0.39 is 0 Å². The molecule has 2 N–H and O–H groups in total. The molecule has 1 saturated heterocycles. The van der Waals surface area contributed by atoms with Crippen LogP contribution in [0.4, 0.5) is 5.69 Å². The lowest BCUT2D eigenvalue weighted by Crippen LogP contribution is -2.43. The Balaban J connectivity index is 0.00000220. The van der Waals surface area contributed by atoms with E-state index in [4.69, 9.17) is 16.3 Å². The summed E-state index contributed by atoms with van der Waals surface area (Å²) in [5.41, 5.74) is 0.642. The molecule has 0 bridgehead atoms. The van der Waals surface area contributed by atoms with Crippen molar-refractivity contribution in [2.24, 2.45) is 0 Å². The first kappa shape index (κ1) is 18.1. The van der Waals surface area contributed by atoms with Gasteiger partial charge in [-0.15, -0.1) is 12.4 Å². The third kappa shape index (κ3) is 5.06. The Hall–Kier alpha value is -0.970. The molecule has 21 heavy (non-hydrogen) atoms. The number of carbonyl (C=O) groups is 1. The molecule has 0 aliphatic carbocycles. The molecule has 0 saturated carbocycles. The van der Waals surface area contributed by atoms with Gasteiger partial charge in [-0.1, -0.05) is 31.0 Å². The lowest BCUT2D eigenvalue weighted by atomic mass is 10.0. The summed E-state index contributed by atoms with van der Waals surface area (Å²) in [7, 11) is 0. The van der Waals surface area contributed by atoms with E-state index in [2.05, 4.69) is 10.6 Å². The smallest absolute Gasteiger partial charge is 0.241 e. The highest BCUT2D eigenvalue weighted by Crippen LogP contribution is 2.33. The van der Waals surface area contributed by atoms with Gasteiger partial charge in [0.1, 0.15) is 0 Å². The van der Waals surface area contributed by atoms with E-state index in [1.807, 2.05) is 19.1 Å². The van der Waals surface area contributed by atoms with E-state index in [0.29, 0.717) is 23.1 Å². The highest BCUT2D eigenvalue weighted by molar-refractivity contribution is 6.32. The molecule has 0 spiro atoms. The molecule has 6 heteroatoms. The fraction of sp³-hybridized carbons (Fsp3) is 0.533. The average Bonchev–Trinajstić information content (AvgIpc) is 2.47. The molecule has 1 heterocycles. The van der Waals surface area contributed by atoms with Crippen LogP contribution in [0.2, 0.25) is 5.02 Å². The summed E-state index contributed by atoms with van der Waals surface area (Å²) in [6, 6.07) is 5.27. The van der Waals surface area contributed by atoms with Crippen molar-refractivity contribution in [3.63, 3.8) is 0 Å². The molecular formula is C15H22Cl2N2O2. The summed E-state index contributed by atoms with van der Waals surface area (Å²) in [6.45, 7) is 3.50. The summed E-state index contributed by atoms with van der Waals surface area (Å²) in [4.78, 5) is 12.2.